The number of β-lactam (4-membered cyclic amide) rings is 1. The number of hydroxylamine groups is 2. The maximum atomic E-state index is 13.2. The number of imidazole rings is 1. The molecule has 19 nitrogen and oxygen atoms in total. The van der Waals surface area contributed by atoms with Gasteiger partial charge in [-0.3, -0.25) is 14.1 Å². The van der Waals surface area contributed by atoms with Crippen molar-refractivity contribution in [3.8, 4) is 11.6 Å². The topological polar surface area (TPSA) is 254 Å². The molecule has 0 aromatic carbocycles. The molecule has 2 amide bonds. The lowest BCUT2D eigenvalue weighted by molar-refractivity contribution is -0.703. The van der Waals surface area contributed by atoms with Gasteiger partial charge in [0, 0.05) is 30.5 Å². The van der Waals surface area contributed by atoms with E-state index in [9.17, 15) is 27.9 Å². The maximum Gasteiger partial charge on any atom is 0.418 e. The average molecular weight is 681 g/mol. The number of carboxylic acids is 1. The van der Waals surface area contributed by atoms with Crippen LogP contribution in [0.5, 0.6) is 5.75 Å². The van der Waals surface area contributed by atoms with E-state index >= 15 is 0 Å². The predicted octanol–water partition coefficient (Wildman–Crippen LogP) is -1.49. The molecule has 1 unspecified atom stereocenters. The molecule has 2 fully saturated rings. The molecule has 5 heterocycles. The first kappa shape index (κ1) is 32.7. The molecule has 246 valence electrons. The van der Waals surface area contributed by atoms with Crippen LogP contribution >= 0.6 is 11.3 Å². The number of hydrogen-bond acceptors (Lipinski definition) is 14. The number of carboxylic acid groups (broad SMARTS) is 1. The zero-order valence-electron chi connectivity index (χ0n) is 24.3. The summed E-state index contributed by atoms with van der Waals surface area (Å²) in [4.78, 5) is 51.1. The first-order valence-electron chi connectivity index (χ1n) is 13.6. The molecule has 46 heavy (non-hydrogen) atoms. The van der Waals surface area contributed by atoms with Gasteiger partial charge in [0.2, 0.25) is 12.1 Å². The third kappa shape index (κ3) is 7.39. The van der Waals surface area contributed by atoms with Crippen LogP contribution in [0.25, 0.3) is 5.82 Å². The highest BCUT2D eigenvalue weighted by Crippen LogP contribution is 2.33. The summed E-state index contributed by atoms with van der Waals surface area (Å²) >= 11 is 0.958. The molecule has 0 saturated carbocycles. The molecule has 0 radical (unpaired) electrons. The first-order valence-corrected chi connectivity index (χ1v) is 15.8. The molecule has 0 bridgehead atoms. The number of oxime groups is 1. The van der Waals surface area contributed by atoms with Crippen molar-refractivity contribution in [3.05, 3.63) is 48.1 Å². The Kier molecular flexibility index (Phi) is 9.21. The molecule has 6 N–H and O–H groups in total. The molecule has 2 aliphatic heterocycles. The lowest BCUT2D eigenvalue weighted by Crippen LogP contribution is -2.76. The van der Waals surface area contributed by atoms with Gasteiger partial charge in [-0.2, -0.15) is 18.0 Å². The normalized spacial score (nSPS) is 18.8. The van der Waals surface area contributed by atoms with Crippen LogP contribution < -0.4 is 25.7 Å². The minimum absolute atomic E-state index is 0.0581. The van der Waals surface area contributed by atoms with Crippen molar-refractivity contribution in [1.29, 1.82) is 0 Å². The van der Waals surface area contributed by atoms with Gasteiger partial charge in [0.05, 0.1) is 18.3 Å². The highest BCUT2D eigenvalue weighted by molar-refractivity contribution is 7.80. The Balaban J connectivity index is 1.23. The Morgan fingerprint density at radius 1 is 1.35 bits per heavy atom. The summed E-state index contributed by atoms with van der Waals surface area (Å²) in [6.45, 7) is 5.06. The summed E-state index contributed by atoms with van der Waals surface area (Å²) in [5, 5.41) is 20.8. The summed E-state index contributed by atoms with van der Waals surface area (Å²) < 4.78 is 44.8. The first-order chi connectivity index (χ1) is 21.7. The Hall–Kier alpha value is -4.70. The number of aromatic nitrogens is 4. The number of pyridine rings is 1. The number of ether oxygens (including phenoxy) is 1. The summed E-state index contributed by atoms with van der Waals surface area (Å²) in [7, 11) is -5.01. The Bertz CT molecular complexity index is 1750. The van der Waals surface area contributed by atoms with Crippen molar-refractivity contribution in [2.45, 2.75) is 38.1 Å². The molecule has 0 aliphatic carbocycles. The van der Waals surface area contributed by atoms with E-state index in [1.54, 1.807) is 12.1 Å². The van der Waals surface area contributed by atoms with Crippen molar-refractivity contribution in [3.63, 3.8) is 0 Å². The summed E-state index contributed by atoms with van der Waals surface area (Å²) in [6, 6.07) is 1.97. The van der Waals surface area contributed by atoms with Gasteiger partial charge in [-0.05, 0) is 19.9 Å². The van der Waals surface area contributed by atoms with E-state index in [1.807, 2.05) is 23.3 Å². The van der Waals surface area contributed by atoms with Crippen LogP contribution in [0, 0.1) is 5.92 Å². The van der Waals surface area contributed by atoms with E-state index in [-0.39, 0.29) is 16.6 Å². The molecule has 3 aromatic heterocycles. The van der Waals surface area contributed by atoms with Gasteiger partial charge in [-0.25, -0.2) is 19.3 Å². The molecular formula is C25H30N9O10S2+. The van der Waals surface area contributed by atoms with Gasteiger partial charge in [0.1, 0.15) is 36.5 Å². The standard InChI is InChI=1S/C25H29N9O10S2/c1-25(2)20(22(36)34(25)44-46(39,40)41)30-21(35)19(16-12-45-24(26)29-16)31-43-17(23(37)38)11-42-15-3-4-18(28-9-15)33-6-5-32(13-33)10-14-7-27-8-14/h3-6,9,12-14,17,20,27H,7-8,10-11H2,1-2H3,(H4-,26,29,30,35,37,38,39,40,41)/p+1/b31-19-/t17-,20?/m0/s1. The molecule has 2 saturated heterocycles. The molecule has 2 aliphatic rings. The second kappa shape index (κ2) is 13.0. The SMILES string of the molecule is CC1(C)C(NC(=O)/C(=N\O[C@@H](COc2ccc(-n3cc[n+](CC4CNC4)c3)nc2)C(=O)O)c2csc(N)n2)C(=O)N1OS(=O)(=O)O. The number of amides is 2. The van der Waals surface area contributed by atoms with Crippen molar-refractivity contribution in [2.24, 2.45) is 11.1 Å². The van der Waals surface area contributed by atoms with Crippen LogP contribution in [0.3, 0.4) is 0 Å². The molecule has 0 spiro atoms. The van der Waals surface area contributed by atoms with E-state index in [2.05, 4.69) is 34.6 Å². The number of aliphatic carboxylic acids is 1. The van der Waals surface area contributed by atoms with Gasteiger partial charge in [0.25, 0.3) is 17.9 Å². The van der Waals surface area contributed by atoms with E-state index in [1.165, 1.54) is 25.4 Å². The fraction of sp³-hybridized carbons (Fsp3) is 0.400. The van der Waals surface area contributed by atoms with Crippen LogP contribution in [-0.4, -0.2) is 98.6 Å². The number of nitrogen functional groups attached to an aromatic ring is 1. The van der Waals surface area contributed by atoms with Crippen molar-refractivity contribution >= 4 is 50.4 Å². The minimum atomic E-state index is -5.01. The predicted molar refractivity (Wildman–Crippen MR) is 157 cm³/mol. The molecule has 2 atom stereocenters. The summed E-state index contributed by atoms with van der Waals surface area (Å²) in [6.07, 6.45) is 5.47. The second-order valence-electron chi connectivity index (χ2n) is 10.8. The average Bonchev–Trinajstić information content (AvgIpc) is 3.62. The fourth-order valence-corrected chi connectivity index (χ4v) is 5.48. The van der Waals surface area contributed by atoms with Crippen molar-refractivity contribution < 1.29 is 50.9 Å². The number of anilines is 1. The van der Waals surface area contributed by atoms with Crippen LogP contribution in [0.2, 0.25) is 0 Å². The number of rotatable bonds is 14. The van der Waals surface area contributed by atoms with E-state index in [0.29, 0.717) is 16.8 Å². The van der Waals surface area contributed by atoms with Gasteiger partial charge >= 0.3 is 16.4 Å². The highest BCUT2D eigenvalue weighted by Gasteiger charge is 2.58. The van der Waals surface area contributed by atoms with E-state index in [4.69, 9.17) is 19.9 Å². The molecule has 5 rings (SSSR count). The fourth-order valence-electron chi connectivity index (χ4n) is 4.48. The lowest BCUT2D eigenvalue weighted by Gasteiger charge is -2.50. The Labute approximate surface area is 265 Å². The quantitative estimate of drug-likeness (QED) is 0.0428. The van der Waals surface area contributed by atoms with Crippen LogP contribution in [-0.2, 0) is 40.4 Å². The van der Waals surface area contributed by atoms with Gasteiger partial charge in [0.15, 0.2) is 10.8 Å². The second-order valence-corrected chi connectivity index (χ2v) is 12.7. The highest BCUT2D eigenvalue weighted by atomic mass is 32.3. The third-order valence-electron chi connectivity index (χ3n) is 7.06. The van der Waals surface area contributed by atoms with E-state index in [0.717, 1.165) is 31.0 Å². The lowest BCUT2D eigenvalue weighted by atomic mass is 9.84. The van der Waals surface area contributed by atoms with Crippen LogP contribution in [0.4, 0.5) is 5.13 Å². The smallest absolute Gasteiger partial charge is 0.418 e. The number of thiazole rings is 1. The Morgan fingerprint density at radius 2 is 2.11 bits per heavy atom. The number of nitrogens with one attached hydrogen (secondary N) is 2. The number of nitrogens with two attached hydrogens (primary N) is 1. The van der Waals surface area contributed by atoms with Crippen LogP contribution in [0.15, 0.2) is 47.6 Å². The number of carbonyl (C=O) groups is 3. The zero-order valence-corrected chi connectivity index (χ0v) is 26.0. The zero-order chi connectivity index (χ0) is 33.2. The van der Waals surface area contributed by atoms with Gasteiger partial charge in [-0.15, -0.1) is 15.6 Å². The molecular weight excluding hydrogens is 650 g/mol. The molecule has 3 aromatic rings. The third-order valence-corrected chi connectivity index (χ3v) is 8.07. The number of hydrogen-bond donors (Lipinski definition) is 5. The minimum Gasteiger partial charge on any atom is -0.487 e. The number of nitrogens with zero attached hydrogens (tertiary/aromatic N) is 6. The van der Waals surface area contributed by atoms with Crippen molar-refractivity contribution in [1.82, 2.24) is 30.2 Å². The number of carbonyl (C=O) groups excluding carboxylic acids is 2. The van der Waals surface area contributed by atoms with E-state index < -0.39 is 58.2 Å². The Morgan fingerprint density at radius 3 is 2.67 bits per heavy atom. The summed E-state index contributed by atoms with van der Waals surface area (Å²) in [5.74, 6) is -2.03. The van der Waals surface area contributed by atoms with Gasteiger partial charge in [-0.1, -0.05) is 5.16 Å². The van der Waals surface area contributed by atoms with Crippen LogP contribution in [0.1, 0.15) is 19.5 Å². The summed E-state index contributed by atoms with van der Waals surface area (Å²) in [5.41, 5.74) is 3.65. The molecule has 21 heteroatoms. The maximum absolute atomic E-state index is 13.2. The van der Waals surface area contributed by atoms with Crippen molar-refractivity contribution in [2.75, 3.05) is 25.4 Å². The largest absolute Gasteiger partial charge is 0.487 e. The van der Waals surface area contributed by atoms with Gasteiger partial charge < -0.3 is 31.0 Å². The monoisotopic (exact) mass is 680 g/mol.